The van der Waals surface area contributed by atoms with Crippen molar-refractivity contribution in [3.63, 3.8) is 0 Å². The van der Waals surface area contributed by atoms with Crippen molar-refractivity contribution in [2.45, 2.75) is 86.7 Å². The number of benzene rings is 1. The molecular weight excluding hydrogens is 324 g/mol. The summed E-state index contributed by atoms with van der Waals surface area (Å²) in [4.78, 5) is 10.2. The van der Waals surface area contributed by atoms with Gasteiger partial charge in [0, 0.05) is 12.8 Å². The molecule has 0 saturated carbocycles. The number of aryl methyl sites for hydroxylation is 2. The number of hydrogen-bond donors (Lipinski definition) is 0. The second-order valence-electron chi connectivity index (χ2n) is 7.79. The zero-order valence-corrected chi connectivity index (χ0v) is 18.1. The molecule has 0 saturated heterocycles. The molecule has 0 amide bonds. The lowest BCUT2D eigenvalue weighted by Gasteiger charge is -2.19. The van der Waals surface area contributed by atoms with Crippen LogP contribution in [0, 0.1) is 19.8 Å². The van der Waals surface area contributed by atoms with Gasteiger partial charge in [-0.15, -0.1) is 0 Å². The molecule has 1 aromatic carbocycles. The first kappa shape index (κ1) is 24.2. The number of hydrogen-bond acceptors (Lipinski definition) is 3. The maximum Gasteiger partial charge on any atom is 0.303 e. The van der Waals surface area contributed by atoms with Crippen LogP contribution in [0.5, 0.6) is 5.75 Å². The number of carbonyl (C=O) groups excluding carboxylic acids is 1. The number of unbranched alkanes of at least 4 members (excludes halogenated alkanes) is 1. The van der Waals surface area contributed by atoms with Gasteiger partial charge in [-0.3, -0.25) is 4.79 Å². The van der Waals surface area contributed by atoms with Gasteiger partial charge in [0.25, 0.3) is 0 Å². The summed E-state index contributed by atoms with van der Waals surface area (Å²) in [6, 6.07) is 6.30. The average molecular weight is 363 g/mol. The zero-order valence-electron chi connectivity index (χ0n) is 18.1. The molecular formula is C23H38O3. The Hall–Kier alpha value is -1.77. The van der Waals surface area contributed by atoms with Crippen LogP contribution < -0.4 is 4.74 Å². The second-order valence-corrected chi connectivity index (χ2v) is 7.79. The first-order valence-electron chi connectivity index (χ1n) is 9.63. The molecule has 1 aromatic rings. The lowest BCUT2D eigenvalue weighted by molar-refractivity contribution is -0.151. The molecule has 0 radical (unpaired) electrons. The smallest absolute Gasteiger partial charge is 0.303 e. The summed E-state index contributed by atoms with van der Waals surface area (Å²) >= 11 is 0. The fourth-order valence-corrected chi connectivity index (χ4v) is 2.52. The average Bonchev–Trinajstić information content (AvgIpc) is 2.50. The minimum atomic E-state index is -0.328. The van der Waals surface area contributed by atoms with Gasteiger partial charge in [-0.05, 0) is 64.7 Å². The Kier molecular flexibility index (Phi) is 11.0. The fraction of sp³-hybridized carbons (Fsp3) is 0.609. The number of esters is 1. The summed E-state index contributed by atoms with van der Waals surface area (Å²) in [6.07, 6.45) is 4.75. The molecule has 0 N–H and O–H groups in total. The SMILES string of the molecule is C=C(Oc1cc(C)ccc1C)C(CC)CCCC.CC(=O)OC(C)(C)C. The molecule has 0 aliphatic carbocycles. The van der Waals surface area contributed by atoms with E-state index in [1.54, 1.807) is 0 Å². The van der Waals surface area contributed by atoms with E-state index in [1.165, 1.54) is 37.3 Å². The lowest BCUT2D eigenvalue weighted by atomic mass is 9.98. The van der Waals surface area contributed by atoms with Crippen molar-refractivity contribution in [3.8, 4) is 5.75 Å². The van der Waals surface area contributed by atoms with Crippen LogP contribution >= 0.6 is 0 Å². The predicted octanol–water partition coefficient (Wildman–Crippen LogP) is 6.76. The van der Waals surface area contributed by atoms with Gasteiger partial charge in [-0.25, -0.2) is 0 Å². The Morgan fingerprint density at radius 2 is 1.81 bits per heavy atom. The molecule has 0 aromatic heterocycles. The van der Waals surface area contributed by atoms with Gasteiger partial charge in [0.2, 0.25) is 0 Å². The van der Waals surface area contributed by atoms with Crippen molar-refractivity contribution in [1.82, 2.24) is 0 Å². The monoisotopic (exact) mass is 362 g/mol. The molecule has 0 bridgehead atoms. The van der Waals surface area contributed by atoms with E-state index in [2.05, 4.69) is 52.5 Å². The number of allylic oxidation sites excluding steroid dienone is 1. The Labute approximate surface area is 160 Å². The van der Waals surface area contributed by atoms with Crippen LogP contribution in [0.4, 0.5) is 0 Å². The summed E-state index contributed by atoms with van der Waals surface area (Å²) in [5.41, 5.74) is 2.07. The molecule has 0 aliphatic rings. The molecule has 1 unspecified atom stereocenters. The van der Waals surface area contributed by atoms with E-state index in [4.69, 9.17) is 9.47 Å². The van der Waals surface area contributed by atoms with E-state index in [0.29, 0.717) is 5.92 Å². The van der Waals surface area contributed by atoms with Gasteiger partial charge in [0.05, 0.1) is 5.76 Å². The third kappa shape index (κ3) is 11.0. The summed E-state index contributed by atoms with van der Waals surface area (Å²) in [7, 11) is 0. The van der Waals surface area contributed by atoms with Gasteiger partial charge < -0.3 is 9.47 Å². The van der Waals surface area contributed by atoms with Crippen LogP contribution in [0.1, 0.15) is 78.4 Å². The van der Waals surface area contributed by atoms with Gasteiger partial charge in [-0.1, -0.05) is 45.4 Å². The molecule has 26 heavy (non-hydrogen) atoms. The number of carbonyl (C=O) groups is 1. The van der Waals surface area contributed by atoms with Crippen molar-refractivity contribution < 1.29 is 14.3 Å². The van der Waals surface area contributed by atoms with E-state index >= 15 is 0 Å². The van der Waals surface area contributed by atoms with Crippen molar-refractivity contribution in [1.29, 1.82) is 0 Å². The topological polar surface area (TPSA) is 35.5 Å². The van der Waals surface area contributed by atoms with E-state index in [1.807, 2.05) is 20.8 Å². The standard InChI is InChI=1S/C17H26O.C6H12O2/c1-6-8-9-16(7-2)15(5)18-17-12-13(3)10-11-14(17)4;1-5(7)8-6(2,3)4/h10-12,16H,5-9H2,1-4H3;1-4H3. The summed E-state index contributed by atoms with van der Waals surface area (Å²) in [5, 5.41) is 0. The molecule has 3 heteroatoms. The maximum atomic E-state index is 10.2. The largest absolute Gasteiger partial charge is 0.462 e. The summed E-state index contributed by atoms with van der Waals surface area (Å²) in [6.45, 7) is 19.7. The molecule has 0 heterocycles. The van der Waals surface area contributed by atoms with Crippen molar-refractivity contribution >= 4 is 5.97 Å². The van der Waals surface area contributed by atoms with Crippen molar-refractivity contribution in [2.75, 3.05) is 0 Å². The van der Waals surface area contributed by atoms with Crippen LogP contribution in [0.15, 0.2) is 30.5 Å². The molecule has 0 fully saturated rings. The number of ether oxygens (including phenoxy) is 2. The molecule has 0 aliphatic heterocycles. The van der Waals surface area contributed by atoms with E-state index < -0.39 is 0 Å². The van der Waals surface area contributed by atoms with Gasteiger partial charge in [0.1, 0.15) is 11.4 Å². The minimum absolute atomic E-state index is 0.225. The highest BCUT2D eigenvalue weighted by atomic mass is 16.6. The minimum Gasteiger partial charge on any atom is -0.462 e. The van der Waals surface area contributed by atoms with Gasteiger partial charge in [0.15, 0.2) is 0 Å². The Morgan fingerprint density at radius 1 is 1.19 bits per heavy atom. The number of rotatable bonds is 7. The highest BCUT2D eigenvalue weighted by Gasteiger charge is 2.13. The second kappa shape index (κ2) is 11.8. The zero-order chi connectivity index (χ0) is 20.3. The first-order chi connectivity index (χ1) is 12.0. The van der Waals surface area contributed by atoms with Crippen LogP contribution in [-0.4, -0.2) is 11.6 Å². The summed E-state index contributed by atoms with van der Waals surface area (Å²) in [5.74, 6) is 2.12. The normalized spacial score (nSPS) is 11.8. The third-order valence-electron chi connectivity index (χ3n) is 3.89. The van der Waals surface area contributed by atoms with Crippen LogP contribution in [0.2, 0.25) is 0 Å². The van der Waals surface area contributed by atoms with Gasteiger partial charge in [-0.2, -0.15) is 0 Å². The van der Waals surface area contributed by atoms with Crippen molar-refractivity contribution in [2.24, 2.45) is 5.92 Å². The highest BCUT2D eigenvalue weighted by Crippen LogP contribution is 2.27. The van der Waals surface area contributed by atoms with Crippen LogP contribution in [0.25, 0.3) is 0 Å². The molecule has 0 spiro atoms. The van der Waals surface area contributed by atoms with Crippen LogP contribution in [0.3, 0.4) is 0 Å². The van der Waals surface area contributed by atoms with Crippen LogP contribution in [-0.2, 0) is 9.53 Å². The third-order valence-corrected chi connectivity index (χ3v) is 3.89. The molecule has 3 nitrogen and oxygen atoms in total. The highest BCUT2D eigenvalue weighted by molar-refractivity contribution is 5.66. The Balaban J connectivity index is 0.000000660. The fourth-order valence-electron chi connectivity index (χ4n) is 2.52. The molecule has 1 atom stereocenters. The van der Waals surface area contributed by atoms with E-state index in [-0.39, 0.29) is 11.6 Å². The maximum absolute atomic E-state index is 10.2. The Morgan fingerprint density at radius 3 is 2.23 bits per heavy atom. The lowest BCUT2D eigenvalue weighted by Crippen LogP contribution is -2.21. The molecule has 1 rings (SSSR count). The molecule has 148 valence electrons. The summed E-state index contributed by atoms with van der Waals surface area (Å²) < 4.78 is 10.8. The van der Waals surface area contributed by atoms with Gasteiger partial charge >= 0.3 is 5.97 Å². The van der Waals surface area contributed by atoms with E-state index in [9.17, 15) is 4.79 Å². The first-order valence-corrected chi connectivity index (χ1v) is 9.63. The Bertz CT molecular complexity index is 567. The predicted molar refractivity (Wildman–Crippen MR) is 111 cm³/mol. The van der Waals surface area contributed by atoms with E-state index in [0.717, 1.165) is 17.9 Å². The quantitative estimate of drug-likeness (QED) is 0.397. The van der Waals surface area contributed by atoms with Crippen molar-refractivity contribution in [3.05, 3.63) is 41.7 Å².